The Morgan fingerprint density at radius 2 is 1.56 bits per heavy atom. The van der Waals surface area contributed by atoms with Crippen LogP contribution in [0, 0.1) is 11.8 Å². The number of alkyl carbamates (subject to hydrolysis) is 1. The zero-order valence-corrected chi connectivity index (χ0v) is 25.1. The van der Waals surface area contributed by atoms with Gasteiger partial charge >= 0.3 is 18.0 Å². The van der Waals surface area contributed by atoms with Crippen molar-refractivity contribution in [1.29, 1.82) is 0 Å². The Bertz CT molecular complexity index is 1050. The highest BCUT2D eigenvalue weighted by atomic mass is 16.6. The highest BCUT2D eigenvalue weighted by Crippen LogP contribution is 2.12. The molecule has 0 heterocycles. The molecule has 0 saturated carbocycles. The molecule has 4 atom stereocenters. The van der Waals surface area contributed by atoms with Gasteiger partial charge in [-0.3, -0.25) is 14.4 Å². The topological polar surface area (TPSA) is 160 Å². The summed E-state index contributed by atoms with van der Waals surface area (Å²) in [6.45, 7) is 12.3. The molecule has 0 aliphatic carbocycles. The largest absolute Gasteiger partial charge is 0.480 e. The number of carboxylic acid groups (broad SMARTS) is 1. The van der Waals surface area contributed by atoms with Crippen LogP contribution in [0.1, 0.15) is 73.3 Å². The van der Waals surface area contributed by atoms with Crippen LogP contribution in [-0.2, 0) is 35.3 Å². The number of amides is 3. The van der Waals surface area contributed by atoms with Crippen molar-refractivity contribution in [2.45, 2.75) is 98.1 Å². The quantitative estimate of drug-likeness (QED) is 0.182. The predicted octanol–water partition coefficient (Wildman–Crippen LogP) is 3.72. The summed E-state index contributed by atoms with van der Waals surface area (Å²) >= 11 is 0. The number of rotatable bonds is 15. The molecule has 3 amide bonds. The fraction of sp³-hybridized carbons (Fsp3) is 0.567. The molecule has 1 rings (SSSR count). The Balaban J connectivity index is 3.11. The van der Waals surface area contributed by atoms with E-state index in [1.807, 2.05) is 19.9 Å². The van der Waals surface area contributed by atoms with Gasteiger partial charge in [-0.25, -0.2) is 9.59 Å². The predicted molar refractivity (Wildman–Crippen MR) is 154 cm³/mol. The molecule has 0 aromatic heterocycles. The van der Waals surface area contributed by atoms with Crippen molar-refractivity contribution in [1.82, 2.24) is 16.0 Å². The molecule has 0 radical (unpaired) electrons. The highest BCUT2D eigenvalue weighted by Gasteiger charge is 2.32. The maximum absolute atomic E-state index is 13.3. The van der Waals surface area contributed by atoms with Gasteiger partial charge in [-0.05, 0) is 44.6 Å². The van der Waals surface area contributed by atoms with E-state index in [0.717, 1.165) is 5.56 Å². The molecule has 4 N–H and O–H groups in total. The average Bonchev–Trinajstić information content (AvgIpc) is 2.89. The van der Waals surface area contributed by atoms with Crippen LogP contribution in [0.3, 0.4) is 0 Å². The van der Waals surface area contributed by atoms with Crippen molar-refractivity contribution in [3.63, 3.8) is 0 Å². The second-order valence-corrected chi connectivity index (χ2v) is 11.2. The number of nitrogens with one attached hydrogen (secondary N) is 3. The standard InChI is InChI=1S/C30H45N3O8/c1-8-20(4)25(28(37)38)33-27(36)22(16-17-24(34)41-30(5,6)7)31-26(35)23(15-14-19(2)3)32-29(39)40-18-21-12-10-9-11-13-21/h9-15,19-20,22-23,25H,8,16-18H2,1-7H3,(H,31,35)(H,32,39)(H,33,36)(H,37,38). The van der Waals surface area contributed by atoms with Crippen molar-refractivity contribution in [2.24, 2.45) is 11.8 Å². The van der Waals surface area contributed by atoms with Crippen LogP contribution in [0.25, 0.3) is 0 Å². The number of carboxylic acids is 1. The molecule has 0 bridgehead atoms. The van der Waals surface area contributed by atoms with E-state index in [1.165, 1.54) is 6.08 Å². The van der Waals surface area contributed by atoms with Crippen LogP contribution in [0.15, 0.2) is 42.5 Å². The first kappa shape index (κ1) is 35.1. The van der Waals surface area contributed by atoms with Crippen molar-refractivity contribution in [2.75, 3.05) is 0 Å². The molecule has 41 heavy (non-hydrogen) atoms. The van der Waals surface area contributed by atoms with Crippen molar-refractivity contribution < 1.29 is 38.6 Å². The van der Waals surface area contributed by atoms with Gasteiger partial charge < -0.3 is 30.5 Å². The zero-order valence-electron chi connectivity index (χ0n) is 25.1. The molecule has 4 unspecified atom stereocenters. The summed E-state index contributed by atoms with van der Waals surface area (Å²) in [7, 11) is 0. The molecular formula is C30H45N3O8. The number of hydrogen-bond acceptors (Lipinski definition) is 7. The molecule has 0 spiro atoms. The number of ether oxygens (including phenoxy) is 2. The summed E-state index contributed by atoms with van der Waals surface area (Å²) in [5.41, 5.74) is 0.00865. The van der Waals surface area contributed by atoms with Gasteiger partial charge in [0, 0.05) is 6.42 Å². The minimum absolute atomic E-state index is 0.0119. The molecule has 11 nitrogen and oxygen atoms in total. The van der Waals surface area contributed by atoms with Gasteiger partial charge in [-0.1, -0.05) is 76.6 Å². The number of aliphatic carboxylic acids is 1. The molecule has 0 saturated heterocycles. The number of hydrogen-bond donors (Lipinski definition) is 4. The number of carbonyl (C=O) groups excluding carboxylic acids is 4. The third-order valence-corrected chi connectivity index (χ3v) is 5.92. The Labute approximate surface area is 242 Å². The van der Waals surface area contributed by atoms with Crippen molar-refractivity contribution in [3.05, 3.63) is 48.0 Å². The first-order valence-corrected chi connectivity index (χ1v) is 13.8. The molecule has 228 valence electrons. The van der Waals surface area contributed by atoms with Crippen molar-refractivity contribution in [3.8, 4) is 0 Å². The van der Waals surface area contributed by atoms with E-state index < -0.39 is 53.6 Å². The lowest BCUT2D eigenvalue weighted by molar-refractivity contribution is -0.155. The van der Waals surface area contributed by atoms with E-state index in [-0.39, 0.29) is 31.3 Å². The molecular weight excluding hydrogens is 530 g/mol. The van der Waals surface area contributed by atoms with Gasteiger partial charge in [-0.2, -0.15) is 0 Å². The summed E-state index contributed by atoms with van der Waals surface area (Å²) in [4.78, 5) is 63.2. The molecule has 1 aromatic carbocycles. The van der Waals surface area contributed by atoms with Gasteiger partial charge in [-0.15, -0.1) is 0 Å². The lowest BCUT2D eigenvalue weighted by Gasteiger charge is -2.26. The summed E-state index contributed by atoms with van der Waals surface area (Å²) in [6, 6.07) is 5.32. The van der Waals surface area contributed by atoms with Gasteiger partial charge in [0.1, 0.15) is 30.3 Å². The SMILES string of the molecule is CCC(C)C(NC(=O)C(CCC(=O)OC(C)(C)C)NC(=O)C(C=CC(C)C)NC(=O)OCc1ccccc1)C(=O)O. The van der Waals surface area contributed by atoms with Crippen LogP contribution in [0.4, 0.5) is 4.79 Å². The first-order valence-electron chi connectivity index (χ1n) is 13.8. The summed E-state index contributed by atoms with van der Waals surface area (Å²) < 4.78 is 10.6. The lowest BCUT2D eigenvalue weighted by Crippen LogP contribution is -2.56. The van der Waals surface area contributed by atoms with E-state index in [0.29, 0.717) is 6.42 Å². The Morgan fingerprint density at radius 3 is 2.10 bits per heavy atom. The third kappa shape index (κ3) is 14.3. The third-order valence-electron chi connectivity index (χ3n) is 5.92. The highest BCUT2D eigenvalue weighted by molar-refractivity contribution is 5.94. The van der Waals surface area contributed by atoms with Gasteiger partial charge in [0.2, 0.25) is 11.8 Å². The zero-order chi connectivity index (χ0) is 31.2. The van der Waals surface area contributed by atoms with Crippen molar-refractivity contribution >= 4 is 29.8 Å². The normalized spacial score (nSPS) is 14.4. The molecule has 0 aliphatic rings. The smallest absolute Gasteiger partial charge is 0.408 e. The molecule has 0 aliphatic heterocycles. The minimum Gasteiger partial charge on any atom is -0.480 e. The number of allylic oxidation sites excluding steroid dienone is 1. The fourth-order valence-electron chi connectivity index (χ4n) is 3.55. The van der Waals surface area contributed by atoms with E-state index in [2.05, 4.69) is 16.0 Å². The fourth-order valence-corrected chi connectivity index (χ4v) is 3.55. The van der Waals surface area contributed by atoms with Gasteiger partial charge in [0.15, 0.2) is 0 Å². The van der Waals surface area contributed by atoms with Crippen LogP contribution < -0.4 is 16.0 Å². The summed E-state index contributed by atoms with van der Waals surface area (Å²) in [6.07, 6.45) is 2.46. The summed E-state index contributed by atoms with van der Waals surface area (Å²) in [5.74, 6) is -3.65. The van der Waals surface area contributed by atoms with E-state index in [1.54, 1.807) is 65.0 Å². The number of esters is 1. The second kappa shape index (κ2) is 17.0. The number of carbonyl (C=O) groups is 5. The van der Waals surface area contributed by atoms with Gasteiger partial charge in [0.05, 0.1) is 0 Å². The molecule has 11 heteroatoms. The Kier molecular flexibility index (Phi) is 14.6. The second-order valence-electron chi connectivity index (χ2n) is 11.2. The number of benzene rings is 1. The lowest BCUT2D eigenvalue weighted by atomic mass is 9.98. The van der Waals surface area contributed by atoms with E-state index in [4.69, 9.17) is 9.47 Å². The maximum Gasteiger partial charge on any atom is 0.408 e. The van der Waals surface area contributed by atoms with Crippen LogP contribution in [-0.4, -0.2) is 58.7 Å². The Morgan fingerprint density at radius 1 is 0.927 bits per heavy atom. The first-order chi connectivity index (χ1) is 19.1. The van der Waals surface area contributed by atoms with Crippen LogP contribution in [0.2, 0.25) is 0 Å². The van der Waals surface area contributed by atoms with Crippen LogP contribution in [0.5, 0.6) is 0 Å². The Hall–Kier alpha value is -3.89. The summed E-state index contributed by atoms with van der Waals surface area (Å²) in [5, 5.41) is 17.2. The molecule has 0 fully saturated rings. The molecule has 1 aromatic rings. The monoisotopic (exact) mass is 575 g/mol. The van der Waals surface area contributed by atoms with Gasteiger partial charge in [0.25, 0.3) is 0 Å². The van der Waals surface area contributed by atoms with E-state index in [9.17, 15) is 29.1 Å². The van der Waals surface area contributed by atoms with Crippen LogP contribution >= 0.6 is 0 Å². The maximum atomic E-state index is 13.3. The van der Waals surface area contributed by atoms with E-state index >= 15 is 0 Å². The average molecular weight is 576 g/mol. The minimum atomic E-state index is -1.28.